The summed E-state index contributed by atoms with van der Waals surface area (Å²) in [7, 11) is 0. The van der Waals surface area contributed by atoms with Gasteiger partial charge in [0.2, 0.25) is 0 Å². The summed E-state index contributed by atoms with van der Waals surface area (Å²) in [6.07, 6.45) is 7.22. The van der Waals surface area contributed by atoms with Crippen molar-refractivity contribution in [3.63, 3.8) is 0 Å². The lowest BCUT2D eigenvalue weighted by Crippen LogP contribution is -2.44. The van der Waals surface area contributed by atoms with E-state index in [0.717, 1.165) is 26.1 Å². The summed E-state index contributed by atoms with van der Waals surface area (Å²) in [6.45, 7) is 11.5. The molecule has 1 aliphatic rings. The molecule has 1 aromatic carbocycles. The molecule has 23 heavy (non-hydrogen) atoms. The van der Waals surface area contributed by atoms with Crippen LogP contribution in [0.1, 0.15) is 37.8 Å². The number of unbranched alkanes of at least 4 members (excludes halogenated alkanes) is 1. The fraction of sp³-hybridized carbons (Fsp3) is 0.600. The Morgan fingerprint density at radius 2 is 1.91 bits per heavy atom. The van der Waals surface area contributed by atoms with Gasteiger partial charge in [0, 0.05) is 56.4 Å². The van der Waals surface area contributed by atoms with Crippen LogP contribution in [0.25, 0.3) is 10.9 Å². The van der Waals surface area contributed by atoms with E-state index >= 15 is 0 Å². The molecule has 0 aliphatic carbocycles. The van der Waals surface area contributed by atoms with Gasteiger partial charge >= 0.3 is 0 Å². The molecule has 1 aromatic heterocycles. The summed E-state index contributed by atoms with van der Waals surface area (Å²) in [5.74, 6) is 0. The highest BCUT2D eigenvalue weighted by atomic mass is 15.2. The normalized spacial score (nSPS) is 16.3. The fourth-order valence-electron chi connectivity index (χ4n) is 3.56. The van der Waals surface area contributed by atoms with Crippen LogP contribution in [0.2, 0.25) is 0 Å². The highest BCUT2D eigenvalue weighted by Gasteiger charge is 2.13. The molecular weight excluding hydrogens is 282 g/mol. The maximum atomic E-state index is 3.44. The molecule has 2 heterocycles. The average Bonchev–Trinajstić information content (AvgIpc) is 2.96. The Labute approximate surface area is 140 Å². The van der Waals surface area contributed by atoms with Crippen LogP contribution >= 0.6 is 0 Å². The molecular formula is C20H31N3. The number of aromatic nitrogens is 1. The number of hydrogen-bond acceptors (Lipinski definition) is 2. The van der Waals surface area contributed by atoms with E-state index in [0.29, 0.717) is 0 Å². The third-order valence-corrected chi connectivity index (χ3v) is 5.10. The van der Waals surface area contributed by atoms with Crippen molar-refractivity contribution in [2.24, 2.45) is 0 Å². The molecule has 1 saturated heterocycles. The van der Waals surface area contributed by atoms with Gasteiger partial charge in [-0.3, -0.25) is 0 Å². The Morgan fingerprint density at radius 1 is 1.09 bits per heavy atom. The number of benzene rings is 1. The number of rotatable bonds is 7. The van der Waals surface area contributed by atoms with Crippen LogP contribution in [0.5, 0.6) is 0 Å². The van der Waals surface area contributed by atoms with Crippen LogP contribution in [0.4, 0.5) is 0 Å². The Hall–Kier alpha value is -1.32. The van der Waals surface area contributed by atoms with Crippen LogP contribution in [0.15, 0.2) is 24.4 Å². The molecule has 2 aromatic rings. The van der Waals surface area contributed by atoms with Crippen molar-refractivity contribution in [2.45, 2.75) is 46.1 Å². The molecule has 126 valence electrons. The molecule has 0 atom stereocenters. The Bertz CT molecular complexity index is 623. The van der Waals surface area contributed by atoms with E-state index in [1.165, 1.54) is 60.9 Å². The van der Waals surface area contributed by atoms with E-state index in [1.807, 2.05) is 0 Å². The Balaban J connectivity index is 1.81. The zero-order chi connectivity index (χ0) is 16.1. The molecule has 3 heteroatoms. The number of fused-ring (bicyclic) bond motifs is 1. The predicted molar refractivity (Wildman–Crippen MR) is 99.2 cm³/mol. The standard InChI is InChI=1S/C20H31N3/c1-3-5-11-23-16-18(8-12-22-13-9-21-10-14-22)19-15-17(4-2)6-7-20(19)23/h6-7,15-16,21H,3-5,8-14H2,1-2H3. The Morgan fingerprint density at radius 3 is 2.65 bits per heavy atom. The first-order valence-corrected chi connectivity index (χ1v) is 9.35. The van der Waals surface area contributed by atoms with Gasteiger partial charge in [-0.05, 0) is 42.5 Å². The lowest BCUT2D eigenvalue weighted by molar-refractivity contribution is 0.244. The highest BCUT2D eigenvalue weighted by molar-refractivity contribution is 5.84. The van der Waals surface area contributed by atoms with Crippen LogP contribution in [0.3, 0.4) is 0 Å². The summed E-state index contributed by atoms with van der Waals surface area (Å²) in [5.41, 5.74) is 4.41. The van der Waals surface area contributed by atoms with E-state index in [9.17, 15) is 0 Å². The summed E-state index contributed by atoms with van der Waals surface area (Å²) in [5, 5.41) is 4.92. The number of hydrogen-bond donors (Lipinski definition) is 1. The van der Waals surface area contributed by atoms with Crippen LogP contribution in [-0.4, -0.2) is 42.2 Å². The molecule has 0 amide bonds. The van der Waals surface area contributed by atoms with E-state index in [1.54, 1.807) is 0 Å². The van der Waals surface area contributed by atoms with Gasteiger partial charge in [0.25, 0.3) is 0 Å². The monoisotopic (exact) mass is 313 g/mol. The fourth-order valence-corrected chi connectivity index (χ4v) is 3.56. The lowest BCUT2D eigenvalue weighted by atomic mass is 10.1. The molecule has 0 radical (unpaired) electrons. The molecule has 0 saturated carbocycles. The first kappa shape index (κ1) is 16.5. The first-order chi connectivity index (χ1) is 11.3. The number of aryl methyl sites for hydroxylation is 2. The number of nitrogens with one attached hydrogen (secondary N) is 1. The topological polar surface area (TPSA) is 20.2 Å². The van der Waals surface area contributed by atoms with E-state index in [-0.39, 0.29) is 0 Å². The minimum absolute atomic E-state index is 1.12. The third kappa shape index (κ3) is 3.96. The van der Waals surface area contributed by atoms with Gasteiger partial charge in [-0.1, -0.05) is 26.3 Å². The quantitative estimate of drug-likeness (QED) is 0.845. The van der Waals surface area contributed by atoms with Gasteiger partial charge in [-0.2, -0.15) is 0 Å². The van der Waals surface area contributed by atoms with Crippen LogP contribution < -0.4 is 5.32 Å². The van der Waals surface area contributed by atoms with Crippen molar-refractivity contribution in [3.05, 3.63) is 35.5 Å². The second-order valence-electron chi connectivity index (χ2n) is 6.75. The summed E-state index contributed by atoms with van der Waals surface area (Å²) in [4.78, 5) is 2.59. The number of nitrogens with zero attached hydrogens (tertiary/aromatic N) is 2. The van der Waals surface area contributed by atoms with Gasteiger partial charge < -0.3 is 14.8 Å². The summed E-state index contributed by atoms with van der Waals surface area (Å²) in [6, 6.07) is 7.05. The maximum Gasteiger partial charge on any atom is 0.0483 e. The Kier molecular flexibility index (Phi) is 5.74. The predicted octanol–water partition coefficient (Wildman–Crippen LogP) is 3.45. The van der Waals surface area contributed by atoms with Crippen molar-refractivity contribution in [3.8, 4) is 0 Å². The van der Waals surface area contributed by atoms with Crippen molar-refractivity contribution in [2.75, 3.05) is 32.7 Å². The molecule has 0 bridgehead atoms. The highest BCUT2D eigenvalue weighted by Crippen LogP contribution is 2.24. The zero-order valence-corrected chi connectivity index (χ0v) is 14.8. The zero-order valence-electron chi connectivity index (χ0n) is 14.8. The van der Waals surface area contributed by atoms with Crippen molar-refractivity contribution < 1.29 is 0 Å². The first-order valence-electron chi connectivity index (χ1n) is 9.35. The largest absolute Gasteiger partial charge is 0.347 e. The molecule has 3 nitrogen and oxygen atoms in total. The minimum atomic E-state index is 1.12. The van der Waals surface area contributed by atoms with Crippen LogP contribution in [0, 0.1) is 0 Å². The molecule has 1 fully saturated rings. The van der Waals surface area contributed by atoms with Gasteiger partial charge in [-0.25, -0.2) is 0 Å². The van der Waals surface area contributed by atoms with E-state index in [4.69, 9.17) is 0 Å². The smallest absolute Gasteiger partial charge is 0.0483 e. The van der Waals surface area contributed by atoms with Crippen LogP contribution in [-0.2, 0) is 19.4 Å². The van der Waals surface area contributed by atoms with E-state index < -0.39 is 0 Å². The number of piperazine rings is 1. The maximum absolute atomic E-state index is 3.44. The average molecular weight is 313 g/mol. The minimum Gasteiger partial charge on any atom is -0.347 e. The van der Waals surface area contributed by atoms with E-state index in [2.05, 4.69) is 53.0 Å². The van der Waals surface area contributed by atoms with Gasteiger partial charge in [0.1, 0.15) is 0 Å². The SMILES string of the molecule is CCCCn1cc(CCN2CCNCC2)c2cc(CC)ccc21. The lowest BCUT2D eigenvalue weighted by Gasteiger charge is -2.26. The van der Waals surface area contributed by atoms with Crippen molar-refractivity contribution >= 4 is 10.9 Å². The van der Waals surface area contributed by atoms with Gasteiger partial charge in [0.15, 0.2) is 0 Å². The second kappa shape index (κ2) is 7.98. The van der Waals surface area contributed by atoms with Gasteiger partial charge in [0.05, 0.1) is 0 Å². The summed E-state index contributed by atoms with van der Waals surface area (Å²) >= 11 is 0. The van der Waals surface area contributed by atoms with Gasteiger partial charge in [-0.15, -0.1) is 0 Å². The molecule has 0 spiro atoms. The molecule has 1 aliphatic heterocycles. The second-order valence-corrected chi connectivity index (χ2v) is 6.75. The molecule has 1 N–H and O–H groups in total. The van der Waals surface area contributed by atoms with Crippen molar-refractivity contribution in [1.29, 1.82) is 0 Å². The third-order valence-electron chi connectivity index (χ3n) is 5.10. The van der Waals surface area contributed by atoms with Crippen molar-refractivity contribution in [1.82, 2.24) is 14.8 Å². The molecule has 3 rings (SSSR count). The molecule has 0 unspecified atom stereocenters. The summed E-state index contributed by atoms with van der Waals surface area (Å²) < 4.78 is 2.48.